The number of esters is 1. The number of aliphatic hydroxyl groups excluding tert-OH is 1. The molecule has 4 heteroatoms. The number of carbonyl (C=O) groups excluding carboxylic acids is 1. The molecule has 0 aromatic heterocycles. The summed E-state index contributed by atoms with van der Waals surface area (Å²) in [6.07, 6.45) is 1.53. The van der Waals surface area contributed by atoms with E-state index in [1.165, 1.54) is 7.11 Å². The molecule has 112 valence electrons. The van der Waals surface area contributed by atoms with Gasteiger partial charge in [-0.2, -0.15) is 0 Å². The molecule has 0 saturated carbocycles. The molecule has 0 amide bonds. The second-order valence-electron chi connectivity index (χ2n) is 5.05. The summed E-state index contributed by atoms with van der Waals surface area (Å²) in [6.45, 7) is 4.88. The van der Waals surface area contributed by atoms with Gasteiger partial charge in [0.05, 0.1) is 19.6 Å². The van der Waals surface area contributed by atoms with Crippen LogP contribution >= 0.6 is 0 Å². The van der Waals surface area contributed by atoms with Crippen LogP contribution in [-0.2, 0) is 9.53 Å². The first kappa shape index (κ1) is 16.7. The van der Waals surface area contributed by atoms with Crippen LogP contribution < -0.4 is 5.32 Å². The van der Waals surface area contributed by atoms with Gasteiger partial charge in [-0.15, -0.1) is 0 Å². The van der Waals surface area contributed by atoms with Gasteiger partial charge in [0.2, 0.25) is 0 Å². The Morgan fingerprint density at radius 2 is 2.00 bits per heavy atom. The number of methoxy groups -OCH3 is 1. The van der Waals surface area contributed by atoms with Crippen molar-refractivity contribution >= 4 is 5.97 Å². The highest BCUT2D eigenvalue weighted by atomic mass is 16.5. The van der Waals surface area contributed by atoms with Crippen LogP contribution in [-0.4, -0.2) is 30.8 Å². The molecular weight excluding hydrogens is 254 g/mol. The highest BCUT2D eigenvalue weighted by Crippen LogP contribution is 2.20. The van der Waals surface area contributed by atoms with E-state index in [9.17, 15) is 9.90 Å². The van der Waals surface area contributed by atoms with Gasteiger partial charge in [0.15, 0.2) is 0 Å². The molecule has 0 radical (unpaired) electrons. The molecule has 20 heavy (non-hydrogen) atoms. The quantitative estimate of drug-likeness (QED) is 0.566. The number of rotatable bonds is 8. The minimum Gasteiger partial charge on any atom is -0.469 e. The van der Waals surface area contributed by atoms with Crippen LogP contribution in [0.15, 0.2) is 24.3 Å². The minimum atomic E-state index is -0.716. The number of ether oxygens (including phenoxy) is 1. The van der Waals surface area contributed by atoms with E-state index in [0.717, 1.165) is 30.5 Å². The largest absolute Gasteiger partial charge is 0.469 e. The lowest BCUT2D eigenvalue weighted by Gasteiger charge is -2.24. The van der Waals surface area contributed by atoms with Gasteiger partial charge in [-0.3, -0.25) is 4.79 Å². The van der Waals surface area contributed by atoms with E-state index in [2.05, 4.69) is 12.2 Å². The van der Waals surface area contributed by atoms with Crippen molar-refractivity contribution in [1.29, 1.82) is 0 Å². The standard InChI is InChI=1S/C16H25NO3/c1-4-5-10-17-14(11-15(18)20-3)16(19)13-8-6-12(2)7-9-13/h6-9,14,16-17,19H,4-5,10-11H2,1-3H3. The van der Waals surface area contributed by atoms with E-state index in [1.807, 2.05) is 31.2 Å². The second-order valence-corrected chi connectivity index (χ2v) is 5.05. The lowest BCUT2D eigenvalue weighted by molar-refractivity contribution is -0.142. The van der Waals surface area contributed by atoms with E-state index in [-0.39, 0.29) is 18.4 Å². The van der Waals surface area contributed by atoms with Crippen molar-refractivity contribution in [3.05, 3.63) is 35.4 Å². The maximum atomic E-state index is 11.5. The summed E-state index contributed by atoms with van der Waals surface area (Å²) in [5.74, 6) is -0.315. The van der Waals surface area contributed by atoms with Crippen molar-refractivity contribution in [2.24, 2.45) is 0 Å². The monoisotopic (exact) mass is 279 g/mol. The number of aryl methyl sites for hydroxylation is 1. The van der Waals surface area contributed by atoms with E-state index >= 15 is 0 Å². The highest BCUT2D eigenvalue weighted by molar-refractivity contribution is 5.70. The SMILES string of the molecule is CCCCNC(CC(=O)OC)C(O)c1ccc(C)cc1. The third kappa shape index (κ3) is 5.31. The Morgan fingerprint density at radius 1 is 1.35 bits per heavy atom. The second kappa shape index (κ2) is 8.72. The molecule has 0 saturated heterocycles. The molecule has 0 spiro atoms. The van der Waals surface area contributed by atoms with Gasteiger partial charge in [0, 0.05) is 6.04 Å². The Kier molecular flexibility index (Phi) is 7.26. The van der Waals surface area contributed by atoms with Crippen molar-refractivity contribution in [1.82, 2.24) is 5.32 Å². The highest BCUT2D eigenvalue weighted by Gasteiger charge is 2.23. The minimum absolute atomic E-state index is 0.162. The predicted molar refractivity (Wildman–Crippen MR) is 79.5 cm³/mol. The Labute approximate surface area is 121 Å². The van der Waals surface area contributed by atoms with Crippen LogP contribution in [0.4, 0.5) is 0 Å². The van der Waals surface area contributed by atoms with Crippen molar-refractivity contribution in [2.75, 3.05) is 13.7 Å². The zero-order chi connectivity index (χ0) is 15.0. The number of nitrogens with one attached hydrogen (secondary N) is 1. The summed E-state index contributed by atoms with van der Waals surface area (Å²) in [7, 11) is 1.36. The molecule has 0 aliphatic heterocycles. The number of hydrogen-bond donors (Lipinski definition) is 2. The fourth-order valence-corrected chi connectivity index (χ4v) is 2.02. The van der Waals surface area contributed by atoms with E-state index in [0.29, 0.717) is 0 Å². The summed E-state index contributed by atoms with van der Waals surface area (Å²) >= 11 is 0. The summed E-state index contributed by atoms with van der Waals surface area (Å²) in [4.78, 5) is 11.5. The fourth-order valence-electron chi connectivity index (χ4n) is 2.02. The summed E-state index contributed by atoms with van der Waals surface area (Å²) in [5, 5.41) is 13.7. The Morgan fingerprint density at radius 3 is 2.55 bits per heavy atom. The molecule has 0 aliphatic rings. The number of aliphatic hydroxyl groups is 1. The topological polar surface area (TPSA) is 58.6 Å². The van der Waals surface area contributed by atoms with Crippen LogP contribution in [0.5, 0.6) is 0 Å². The summed E-state index contributed by atoms with van der Waals surface area (Å²) in [6, 6.07) is 7.38. The molecule has 0 fully saturated rings. The number of benzene rings is 1. The molecular formula is C16H25NO3. The Bertz CT molecular complexity index is 403. The molecule has 4 nitrogen and oxygen atoms in total. The van der Waals surface area contributed by atoms with Crippen molar-refractivity contribution in [3.8, 4) is 0 Å². The molecule has 2 N–H and O–H groups in total. The maximum Gasteiger partial charge on any atom is 0.307 e. The van der Waals surface area contributed by atoms with Crippen LogP contribution in [0.3, 0.4) is 0 Å². The van der Waals surface area contributed by atoms with Crippen molar-refractivity contribution < 1.29 is 14.6 Å². The number of carbonyl (C=O) groups is 1. The van der Waals surface area contributed by atoms with Gasteiger partial charge in [0.1, 0.15) is 0 Å². The molecule has 0 bridgehead atoms. The van der Waals surface area contributed by atoms with Gasteiger partial charge in [-0.25, -0.2) is 0 Å². The average molecular weight is 279 g/mol. The molecule has 2 unspecified atom stereocenters. The normalized spacial score (nSPS) is 13.8. The average Bonchev–Trinajstić information content (AvgIpc) is 2.46. The molecule has 1 aromatic rings. The first-order valence-electron chi connectivity index (χ1n) is 7.13. The maximum absolute atomic E-state index is 11.5. The van der Waals surface area contributed by atoms with Gasteiger partial charge >= 0.3 is 5.97 Å². The number of unbranched alkanes of at least 4 members (excludes halogenated alkanes) is 1. The molecule has 1 rings (SSSR count). The fraction of sp³-hybridized carbons (Fsp3) is 0.562. The van der Waals surface area contributed by atoms with Crippen LogP contribution in [0.25, 0.3) is 0 Å². The number of hydrogen-bond acceptors (Lipinski definition) is 4. The van der Waals surface area contributed by atoms with Crippen LogP contribution in [0, 0.1) is 6.92 Å². The van der Waals surface area contributed by atoms with Gasteiger partial charge in [-0.1, -0.05) is 43.2 Å². The van der Waals surface area contributed by atoms with Crippen LogP contribution in [0.2, 0.25) is 0 Å². The van der Waals surface area contributed by atoms with E-state index in [1.54, 1.807) is 0 Å². The first-order valence-corrected chi connectivity index (χ1v) is 7.13. The smallest absolute Gasteiger partial charge is 0.307 e. The lowest BCUT2D eigenvalue weighted by atomic mass is 9.98. The zero-order valence-electron chi connectivity index (χ0n) is 12.6. The lowest BCUT2D eigenvalue weighted by Crippen LogP contribution is -2.37. The Balaban J connectivity index is 2.73. The van der Waals surface area contributed by atoms with Gasteiger partial charge in [0.25, 0.3) is 0 Å². The van der Waals surface area contributed by atoms with E-state index in [4.69, 9.17) is 4.74 Å². The van der Waals surface area contributed by atoms with Crippen LogP contribution in [0.1, 0.15) is 43.4 Å². The molecule has 0 heterocycles. The van der Waals surface area contributed by atoms with E-state index < -0.39 is 6.10 Å². The van der Waals surface area contributed by atoms with Crippen molar-refractivity contribution in [2.45, 2.75) is 45.3 Å². The first-order chi connectivity index (χ1) is 9.58. The van der Waals surface area contributed by atoms with Crippen molar-refractivity contribution in [3.63, 3.8) is 0 Å². The van der Waals surface area contributed by atoms with Gasteiger partial charge < -0.3 is 15.2 Å². The summed E-state index contributed by atoms with van der Waals surface area (Å²) in [5.41, 5.74) is 1.96. The predicted octanol–water partition coefficient (Wildman–Crippen LogP) is 2.35. The molecule has 0 aliphatic carbocycles. The Hall–Kier alpha value is -1.39. The van der Waals surface area contributed by atoms with Gasteiger partial charge in [-0.05, 0) is 25.5 Å². The summed E-state index contributed by atoms with van der Waals surface area (Å²) < 4.78 is 4.70. The molecule has 1 aromatic carbocycles. The molecule has 2 atom stereocenters. The zero-order valence-corrected chi connectivity index (χ0v) is 12.6. The third-order valence-electron chi connectivity index (χ3n) is 3.35. The third-order valence-corrected chi connectivity index (χ3v) is 3.35.